The van der Waals surface area contributed by atoms with Gasteiger partial charge in [-0.25, -0.2) is 13.9 Å². The summed E-state index contributed by atoms with van der Waals surface area (Å²) < 4.78 is 33.2. The number of hydroxylamine groups is 1. The Bertz CT molecular complexity index is 991. The lowest BCUT2D eigenvalue weighted by atomic mass is 9.89. The fraction of sp³-hybridized carbons (Fsp3) is 0.381. The van der Waals surface area contributed by atoms with Gasteiger partial charge in [0.2, 0.25) is 10.0 Å². The monoisotopic (exact) mass is 467 g/mol. The number of hydrogen-bond acceptors (Lipinski definition) is 6. The van der Waals surface area contributed by atoms with Gasteiger partial charge in [-0.05, 0) is 87.4 Å². The Labute approximate surface area is 187 Å². The molecule has 0 aromatic heterocycles. The highest BCUT2D eigenvalue weighted by Gasteiger charge is 2.39. The summed E-state index contributed by atoms with van der Waals surface area (Å²) in [7, 11) is -0.632. The Morgan fingerprint density at radius 1 is 1.13 bits per heavy atom. The Morgan fingerprint density at radius 3 is 2.16 bits per heavy atom. The third-order valence-corrected chi connectivity index (χ3v) is 7.64. The summed E-state index contributed by atoms with van der Waals surface area (Å²) >= 11 is 5.86. The first-order valence-electron chi connectivity index (χ1n) is 9.86. The molecule has 1 aliphatic rings. The molecule has 10 heteroatoms. The van der Waals surface area contributed by atoms with E-state index in [1.807, 2.05) is 7.05 Å². The predicted molar refractivity (Wildman–Crippen MR) is 117 cm³/mol. The van der Waals surface area contributed by atoms with E-state index in [-0.39, 0.29) is 10.8 Å². The van der Waals surface area contributed by atoms with Gasteiger partial charge in [-0.1, -0.05) is 11.6 Å². The molecule has 1 aliphatic heterocycles. The van der Waals surface area contributed by atoms with E-state index in [2.05, 4.69) is 4.90 Å². The molecule has 1 saturated heterocycles. The molecular weight excluding hydrogens is 442 g/mol. The number of nitrogens with zero attached hydrogens (tertiary/aromatic N) is 2. The molecule has 1 amide bonds. The number of piperidine rings is 1. The Hall–Kier alpha value is -2.17. The van der Waals surface area contributed by atoms with Crippen molar-refractivity contribution in [3.8, 4) is 11.5 Å². The number of nitrogens with one attached hydrogen (secondary N) is 1. The Kier molecular flexibility index (Phi) is 7.55. The standard InChI is InChI=1S/C21H26ClN3O5S/c1-24-13-11-15(12-14-24)20(21(26)23-27)25(2)31(28,29)19-9-7-18(8-10-19)30-17-5-3-16(22)4-6-17/h3-10,15,20,27H,11-14H2,1-2H3,(H,23,26)/t20-/m1/s1. The van der Waals surface area contributed by atoms with E-state index >= 15 is 0 Å². The minimum atomic E-state index is -3.98. The van der Waals surface area contributed by atoms with Crippen molar-refractivity contribution in [2.45, 2.75) is 23.8 Å². The van der Waals surface area contributed by atoms with Gasteiger partial charge in [0.15, 0.2) is 0 Å². The number of likely N-dealkylation sites (tertiary alicyclic amines) is 1. The lowest BCUT2D eigenvalue weighted by Crippen LogP contribution is -2.53. The van der Waals surface area contributed by atoms with Crippen LogP contribution in [-0.4, -0.2) is 62.0 Å². The van der Waals surface area contributed by atoms with E-state index in [9.17, 15) is 18.4 Å². The van der Waals surface area contributed by atoms with Crippen LogP contribution in [0.25, 0.3) is 0 Å². The summed E-state index contributed by atoms with van der Waals surface area (Å²) in [6, 6.07) is 11.8. The van der Waals surface area contributed by atoms with Crippen LogP contribution in [0.1, 0.15) is 12.8 Å². The molecule has 0 radical (unpaired) electrons. The van der Waals surface area contributed by atoms with Crippen molar-refractivity contribution in [2.75, 3.05) is 27.2 Å². The summed E-state index contributed by atoms with van der Waals surface area (Å²) in [4.78, 5) is 14.5. The number of rotatable bonds is 7. The van der Waals surface area contributed by atoms with Crippen LogP contribution in [-0.2, 0) is 14.8 Å². The summed E-state index contributed by atoms with van der Waals surface area (Å²) in [5.74, 6) is 0.0990. The minimum Gasteiger partial charge on any atom is -0.457 e. The third kappa shape index (κ3) is 5.55. The van der Waals surface area contributed by atoms with Crippen molar-refractivity contribution in [2.24, 2.45) is 5.92 Å². The lowest BCUT2D eigenvalue weighted by Gasteiger charge is -2.36. The number of benzene rings is 2. The molecule has 3 rings (SSSR count). The van der Waals surface area contributed by atoms with Crippen molar-refractivity contribution >= 4 is 27.5 Å². The first kappa shape index (κ1) is 23.5. The molecule has 2 aromatic rings. The van der Waals surface area contributed by atoms with Crippen LogP contribution < -0.4 is 10.2 Å². The maximum absolute atomic E-state index is 13.2. The number of carbonyl (C=O) groups is 1. The van der Waals surface area contributed by atoms with Gasteiger partial charge in [-0.15, -0.1) is 0 Å². The zero-order valence-corrected chi connectivity index (χ0v) is 18.9. The van der Waals surface area contributed by atoms with E-state index in [4.69, 9.17) is 16.3 Å². The van der Waals surface area contributed by atoms with Crippen LogP contribution in [0, 0.1) is 5.92 Å². The zero-order valence-electron chi connectivity index (χ0n) is 17.4. The van der Waals surface area contributed by atoms with Gasteiger partial charge < -0.3 is 9.64 Å². The molecule has 31 heavy (non-hydrogen) atoms. The zero-order chi connectivity index (χ0) is 22.6. The van der Waals surface area contributed by atoms with E-state index in [1.165, 1.54) is 19.2 Å². The van der Waals surface area contributed by atoms with Crippen LogP contribution in [0.15, 0.2) is 53.4 Å². The third-order valence-electron chi connectivity index (χ3n) is 5.53. The predicted octanol–water partition coefficient (Wildman–Crippen LogP) is 2.97. The molecular formula is C21H26ClN3O5S. The SMILES string of the molecule is CN1CCC([C@H](C(=O)NO)N(C)S(=O)(=O)c2ccc(Oc3ccc(Cl)cc3)cc2)CC1. The smallest absolute Gasteiger partial charge is 0.262 e. The second-order valence-corrected chi connectivity index (χ2v) is 10.0. The van der Waals surface area contributed by atoms with E-state index < -0.39 is 22.0 Å². The highest BCUT2D eigenvalue weighted by Crippen LogP contribution is 2.29. The molecule has 1 atom stereocenters. The summed E-state index contributed by atoms with van der Waals surface area (Å²) in [6.45, 7) is 1.51. The second-order valence-electron chi connectivity index (χ2n) is 7.61. The number of likely N-dealkylation sites (N-methyl/N-ethyl adjacent to an activating group) is 1. The van der Waals surface area contributed by atoms with Crippen LogP contribution >= 0.6 is 11.6 Å². The van der Waals surface area contributed by atoms with Crippen molar-refractivity contribution in [3.63, 3.8) is 0 Å². The number of sulfonamides is 1. The van der Waals surface area contributed by atoms with Crippen LogP contribution in [0.5, 0.6) is 11.5 Å². The lowest BCUT2D eigenvalue weighted by molar-refractivity contribution is -0.135. The van der Waals surface area contributed by atoms with Crippen molar-refractivity contribution < 1.29 is 23.2 Å². The van der Waals surface area contributed by atoms with Crippen LogP contribution in [0.4, 0.5) is 0 Å². The molecule has 0 spiro atoms. The minimum absolute atomic E-state index is 0.0297. The fourth-order valence-electron chi connectivity index (χ4n) is 3.72. The Balaban J connectivity index is 1.79. The maximum atomic E-state index is 13.2. The second kappa shape index (κ2) is 9.97. The molecule has 0 bridgehead atoms. The van der Waals surface area contributed by atoms with Gasteiger partial charge in [0.05, 0.1) is 4.90 Å². The number of amides is 1. The van der Waals surface area contributed by atoms with Gasteiger partial charge in [-0.2, -0.15) is 4.31 Å². The average Bonchev–Trinajstić information content (AvgIpc) is 2.77. The van der Waals surface area contributed by atoms with Crippen molar-refractivity contribution in [1.29, 1.82) is 0 Å². The topological polar surface area (TPSA) is 99.2 Å². The number of ether oxygens (including phenoxy) is 1. The first-order valence-corrected chi connectivity index (χ1v) is 11.7. The molecule has 2 N–H and O–H groups in total. The highest BCUT2D eigenvalue weighted by molar-refractivity contribution is 7.89. The molecule has 0 aliphatic carbocycles. The molecule has 2 aromatic carbocycles. The van der Waals surface area contributed by atoms with Crippen molar-refractivity contribution in [3.05, 3.63) is 53.6 Å². The molecule has 0 unspecified atom stereocenters. The van der Waals surface area contributed by atoms with Gasteiger partial charge in [0.1, 0.15) is 17.5 Å². The van der Waals surface area contributed by atoms with Gasteiger partial charge in [0, 0.05) is 12.1 Å². The summed E-state index contributed by atoms with van der Waals surface area (Å²) in [6.07, 6.45) is 1.31. The first-order chi connectivity index (χ1) is 14.7. The van der Waals surface area contributed by atoms with E-state index in [0.717, 1.165) is 17.4 Å². The van der Waals surface area contributed by atoms with Crippen LogP contribution in [0.3, 0.4) is 0 Å². The average molecular weight is 468 g/mol. The fourth-order valence-corrected chi connectivity index (χ4v) is 5.23. The largest absolute Gasteiger partial charge is 0.457 e. The van der Waals surface area contributed by atoms with Crippen LogP contribution in [0.2, 0.25) is 5.02 Å². The van der Waals surface area contributed by atoms with Crippen molar-refractivity contribution in [1.82, 2.24) is 14.7 Å². The van der Waals surface area contributed by atoms with Gasteiger partial charge in [-0.3, -0.25) is 10.0 Å². The summed E-state index contributed by atoms with van der Waals surface area (Å²) in [5.41, 5.74) is 1.63. The van der Waals surface area contributed by atoms with Gasteiger partial charge in [0.25, 0.3) is 5.91 Å². The van der Waals surface area contributed by atoms with Gasteiger partial charge >= 0.3 is 0 Å². The molecule has 0 saturated carbocycles. The van der Waals surface area contributed by atoms with E-state index in [0.29, 0.717) is 29.4 Å². The molecule has 1 heterocycles. The Morgan fingerprint density at radius 2 is 1.65 bits per heavy atom. The summed E-state index contributed by atoms with van der Waals surface area (Å²) in [5, 5.41) is 9.80. The number of halogens is 1. The number of carbonyl (C=O) groups excluding carboxylic acids is 1. The quantitative estimate of drug-likeness (QED) is 0.479. The number of hydrogen-bond donors (Lipinski definition) is 2. The maximum Gasteiger partial charge on any atom is 0.262 e. The van der Waals surface area contributed by atoms with E-state index in [1.54, 1.807) is 41.9 Å². The normalized spacial score (nSPS) is 16.8. The molecule has 8 nitrogen and oxygen atoms in total. The molecule has 1 fully saturated rings. The molecule has 168 valence electrons. The highest BCUT2D eigenvalue weighted by atomic mass is 35.5.